The Kier molecular flexibility index (Phi) is 3.19. The van der Waals surface area contributed by atoms with E-state index < -0.39 is 5.97 Å². The van der Waals surface area contributed by atoms with Gasteiger partial charge in [-0.05, 0) is 31.5 Å². The average Bonchev–Trinajstić information content (AvgIpc) is 3.07. The van der Waals surface area contributed by atoms with Gasteiger partial charge in [0.05, 0.1) is 5.92 Å². The number of aromatic nitrogens is 1. The zero-order valence-electron chi connectivity index (χ0n) is 9.34. The molecule has 0 bridgehead atoms. The van der Waals surface area contributed by atoms with E-state index in [1.54, 1.807) is 6.20 Å². The Morgan fingerprint density at radius 2 is 2.50 bits per heavy atom. The maximum Gasteiger partial charge on any atom is 0.308 e. The average molecular weight is 220 g/mol. The van der Waals surface area contributed by atoms with Crippen molar-refractivity contribution in [1.29, 1.82) is 0 Å². The van der Waals surface area contributed by atoms with Crippen molar-refractivity contribution in [1.82, 2.24) is 9.88 Å². The third kappa shape index (κ3) is 2.58. The molecule has 0 amide bonds. The van der Waals surface area contributed by atoms with Gasteiger partial charge in [0.1, 0.15) is 0 Å². The maximum atomic E-state index is 10.7. The lowest BCUT2D eigenvalue weighted by Crippen LogP contribution is -2.26. The van der Waals surface area contributed by atoms with Crippen LogP contribution in [0, 0.1) is 5.92 Å². The minimum atomic E-state index is -0.668. The second-order valence-electron chi connectivity index (χ2n) is 4.34. The second kappa shape index (κ2) is 4.61. The van der Waals surface area contributed by atoms with Crippen molar-refractivity contribution in [3.8, 4) is 0 Å². The van der Waals surface area contributed by atoms with Crippen LogP contribution in [-0.4, -0.2) is 40.6 Å². The SMILES string of the molecule is CN(CCc1cccnc1)C1CC1C(=O)O. The summed E-state index contributed by atoms with van der Waals surface area (Å²) >= 11 is 0. The molecule has 1 heterocycles. The van der Waals surface area contributed by atoms with E-state index in [1.807, 2.05) is 25.4 Å². The molecule has 0 saturated heterocycles. The normalized spacial score (nSPS) is 23.4. The summed E-state index contributed by atoms with van der Waals surface area (Å²) in [4.78, 5) is 16.9. The van der Waals surface area contributed by atoms with Gasteiger partial charge in [-0.1, -0.05) is 6.07 Å². The van der Waals surface area contributed by atoms with Gasteiger partial charge in [0.25, 0.3) is 0 Å². The van der Waals surface area contributed by atoms with Crippen molar-refractivity contribution in [3.05, 3.63) is 30.1 Å². The summed E-state index contributed by atoms with van der Waals surface area (Å²) in [6, 6.07) is 4.20. The molecule has 0 spiro atoms. The first-order chi connectivity index (χ1) is 7.68. The molecular weight excluding hydrogens is 204 g/mol. The smallest absolute Gasteiger partial charge is 0.308 e. The summed E-state index contributed by atoms with van der Waals surface area (Å²) in [5.41, 5.74) is 1.20. The molecule has 0 aliphatic heterocycles. The number of hydrogen-bond acceptors (Lipinski definition) is 3. The predicted octanol–water partition coefficient (Wildman–Crippen LogP) is 1.03. The number of hydrogen-bond donors (Lipinski definition) is 1. The van der Waals surface area contributed by atoms with E-state index >= 15 is 0 Å². The molecule has 16 heavy (non-hydrogen) atoms. The molecule has 0 radical (unpaired) electrons. The fourth-order valence-corrected chi connectivity index (χ4v) is 1.95. The number of carbonyl (C=O) groups is 1. The molecular formula is C12H16N2O2. The molecule has 0 aromatic carbocycles. The predicted molar refractivity (Wildman–Crippen MR) is 60.1 cm³/mol. The maximum absolute atomic E-state index is 10.7. The van der Waals surface area contributed by atoms with Crippen LogP contribution in [0.5, 0.6) is 0 Å². The van der Waals surface area contributed by atoms with Crippen molar-refractivity contribution in [2.24, 2.45) is 5.92 Å². The van der Waals surface area contributed by atoms with Gasteiger partial charge in [-0.2, -0.15) is 0 Å². The fourth-order valence-electron chi connectivity index (χ4n) is 1.95. The molecule has 1 aliphatic rings. The van der Waals surface area contributed by atoms with Crippen molar-refractivity contribution in [2.45, 2.75) is 18.9 Å². The van der Waals surface area contributed by atoms with Crippen molar-refractivity contribution in [3.63, 3.8) is 0 Å². The lowest BCUT2D eigenvalue weighted by Gasteiger charge is -2.15. The summed E-state index contributed by atoms with van der Waals surface area (Å²) in [5, 5.41) is 8.82. The molecule has 2 unspecified atom stereocenters. The van der Waals surface area contributed by atoms with Crippen molar-refractivity contribution < 1.29 is 9.90 Å². The van der Waals surface area contributed by atoms with Gasteiger partial charge < -0.3 is 10.0 Å². The first-order valence-corrected chi connectivity index (χ1v) is 5.50. The summed E-state index contributed by atoms with van der Waals surface area (Å²) in [7, 11) is 1.99. The number of nitrogens with zero attached hydrogens (tertiary/aromatic N) is 2. The molecule has 1 aromatic rings. The Morgan fingerprint density at radius 3 is 3.06 bits per heavy atom. The third-order valence-corrected chi connectivity index (χ3v) is 3.12. The number of carboxylic acid groups (broad SMARTS) is 1. The highest BCUT2D eigenvalue weighted by Crippen LogP contribution is 2.34. The quantitative estimate of drug-likeness (QED) is 0.805. The van der Waals surface area contributed by atoms with Crippen LogP contribution in [0.1, 0.15) is 12.0 Å². The summed E-state index contributed by atoms with van der Waals surface area (Å²) < 4.78 is 0. The van der Waals surface area contributed by atoms with Gasteiger partial charge in [-0.25, -0.2) is 0 Å². The van der Waals surface area contributed by atoms with E-state index in [4.69, 9.17) is 5.11 Å². The minimum absolute atomic E-state index is 0.154. The molecule has 2 atom stereocenters. The number of likely N-dealkylation sites (N-methyl/N-ethyl adjacent to an activating group) is 1. The lowest BCUT2D eigenvalue weighted by atomic mass is 10.2. The monoisotopic (exact) mass is 220 g/mol. The van der Waals surface area contributed by atoms with E-state index in [0.717, 1.165) is 19.4 Å². The first kappa shape index (κ1) is 11.1. The molecule has 1 N–H and O–H groups in total. The van der Waals surface area contributed by atoms with Gasteiger partial charge in [-0.15, -0.1) is 0 Å². The topological polar surface area (TPSA) is 53.4 Å². The standard InChI is InChI=1S/C12H16N2O2/c1-14(11-7-10(11)12(15)16)6-4-9-3-2-5-13-8-9/h2-3,5,8,10-11H,4,6-7H2,1H3,(H,15,16). The Hall–Kier alpha value is -1.42. The van der Waals surface area contributed by atoms with Crippen LogP contribution in [0.4, 0.5) is 0 Å². The summed E-state index contributed by atoms with van der Waals surface area (Å²) in [5.74, 6) is -0.822. The van der Waals surface area contributed by atoms with Crippen molar-refractivity contribution >= 4 is 5.97 Å². The number of pyridine rings is 1. The van der Waals surface area contributed by atoms with Crippen LogP contribution in [0.3, 0.4) is 0 Å². The van der Waals surface area contributed by atoms with Gasteiger partial charge in [0.2, 0.25) is 0 Å². The molecule has 2 rings (SSSR count). The van der Waals surface area contributed by atoms with Crippen LogP contribution < -0.4 is 0 Å². The number of carboxylic acids is 1. The number of rotatable bonds is 5. The lowest BCUT2D eigenvalue weighted by molar-refractivity contribution is -0.138. The van der Waals surface area contributed by atoms with Gasteiger partial charge in [-0.3, -0.25) is 9.78 Å². The highest BCUT2D eigenvalue weighted by molar-refractivity contribution is 5.74. The second-order valence-corrected chi connectivity index (χ2v) is 4.34. The molecule has 1 saturated carbocycles. The van der Waals surface area contributed by atoms with Crippen LogP contribution in [0.2, 0.25) is 0 Å². The summed E-state index contributed by atoms with van der Waals surface area (Å²) in [6.07, 6.45) is 5.33. The van der Waals surface area contributed by atoms with Crippen LogP contribution >= 0.6 is 0 Å². The Bertz CT molecular complexity index is 367. The van der Waals surface area contributed by atoms with Crippen molar-refractivity contribution in [2.75, 3.05) is 13.6 Å². The molecule has 1 aliphatic carbocycles. The molecule has 4 heteroatoms. The fraction of sp³-hybridized carbons (Fsp3) is 0.500. The highest BCUT2D eigenvalue weighted by atomic mass is 16.4. The van der Waals surface area contributed by atoms with Crippen LogP contribution in [0.25, 0.3) is 0 Å². The highest BCUT2D eigenvalue weighted by Gasteiger charge is 2.45. The minimum Gasteiger partial charge on any atom is -0.481 e. The first-order valence-electron chi connectivity index (χ1n) is 5.50. The molecule has 4 nitrogen and oxygen atoms in total. The Morgan fingerprint density at radius 1 is 1.69 bits per heavy atom. The van der Waals surface area contributed by atoms with Crippen LogP contribution in [-0.2, 0) is 11.2 Å². The van der Waals surface area contributed by atoms with E-state index in [-0.39, 0.29) is 12.0 Å². The van der Waals surface area contributed by atoms with E-state index in [2.05, 4.69) is 9.88 Å². The third-order valence-electron chi connectivity index (χ3n) is 3.12. The zero-order chi connectivity index (χ0) is 11.5. The molecule has 1 aromatic heterocycles. The van der Waals surface area contributed by atoms with Gasteiger partial charge in [0.15, 0.2) is 0 Å². The van der Waals surface area contributed by atoms with E-state index in [1.165, 1.54) is 5.56 Å². The van der Waals surface area contributed by atoms with Gasteiger partial charge in [0, 0.05) is 25.0 Å². The molecule has 86 valence electrons. The number of aliphatic carboxylic acids is 1. The largest absolute Gasteiger partial charge is 0.481 e. The summed E-state index contributed by atoms with van der Waals surface area (Å²) in [6.45, 7) is 0.889. The Balaban J connectivity index is 1.77. The van der Waals surface area contributed by atoms with E-state index in [0.29, 0.717) is 0 Å². The van der Waals surface area contributed by atoms with Crippen LogP contribution in [0.15, 0.2) is 24.5 Å². The molecule has 1 fully saturated rings. The van der Waals surface area contributed by atoms with E-state index in [9.17, 15) is 4.79 Å². The Labute approximate surface area is 94.9 Å². The van der Waals surface area contributed by atoms with Gasteiger partial charge >= 0.3 is 5.97 Å². The zero-order valence-corrected chi connectivity index (χ0v) is 9.34.